The zero-order valence-electron chi connectivity index (χ0n) is 13.1. The largest absolute Gasteiger partial charge is 0.382 e. The Bertz CT molecular complexity index is 376. The van der Waals surface area contributed by atoms with Crippen LogP contribution in [0.2, 0.25) is 0 Å². The number of ether oxygens (including phenoxy) is 2. The van der Waals surface area contributed by atoms with Gasteiger partial charge in [0, 0.05) is 32.8 Å². The number of methoxy groups -OCH3 is 2. The van der Waals surface area contributed by atoms with Crippen LogP contribution in [-0.2, 0) is 16.0 Å². The molecule has 0 aliphatic rings. The Labute approximate surface area is 121 Å². The molecule has 1 unspecified atom stereocenters. The molecule has 0 saturated heterocycles. The molecule has 0 aliphatic heterocycles. The second-order valence-electron chi connectivity index (χ2n) is 5.71. The van der Waals surface area contributed by atoms with Gasteiger partial charge in [-0.25, -0.2) is 0 Å². The predicted octanol–water partition coefficient (Wildman–Crippen LogP) is 1.44. The number of aromatic nitrogens is 2. The minimum absolute atomic E-state index is 0.00373. The van der Waals surface area contributed by atoms with Crippen LogP contribution in [0.3, 0.4) is 0 Å². The maximum Gasteiger partial charge on any atom is 0.148 e. The van der Waals surface area contributed by atoms with Gasteiger partial charge in [-0.2, -0.15) is 5.10 Å². The van der Waals surface area contributed by atoms with E-state index in [1.807, 2.05) is 12.1 Å². The molecule has 1 aromatic heterocycles. The van der Waals surface area contributed by atoms with Crippen molar-refractivity contribution >= 4 is 5.82 Å². The third-order valence-electron chi connectivity index (χ3n) is 2.72. The zero-order chi connectivity index (χ0) is 15.0. The summed E-state index contributed by atoms with van der Waals surface area (Å²) in [5.41, 5.74) is 0.996. The van der Waals surface area contributed by atoms with E-state index in [0.29, 0.717) is 19.7 Å². The molecule has 0 radical (unpaired) electrons. The van der Waals surface area contributed by atoms with E-state index in [9.17, 15) is 0 Å². The van der Waals surface area contributed by atoms with Crippen molar-refractivity contribution in [3.05, 3.63) is 17.8 Å². The number of nitrogens with zero attached hydrogens (tertiary/aromatic N) is 2. The van der Waals surface area contributed by atoms with E-state index in [1.54, 1.807) is 14.2 Å². The average Bonchev–Trinajstić information content (AvgIpc) is 2.41. The van der Waals surface area contributed by atoms with Crippen molar-refractivity contribution in [1.29, 1.82) is 0 Å². The fraction of sp³-hybridized carbons (Fsp3) is 0.714. The summed E-state index contributed by atoms with van der Waals surface area (Å²) < 4.78 is 10.3. The summed E-state index contributed by atoms with van der Waals surface area (Å²) in [6, 6.07) is 3.89. The zero-order valence-corrected chi connectivity index (χ0v) is 13.1. The van der Waals surface area contributed by atoms with Crippen LogP contribution in [0.1, 0.15) is 26.5 Å². The quantitative estimate of drug-likeness (QED) is 0.752. The highest BCUT2D eigenvalue weighted by Crippen LogP contribution is 2.05. The van der Waals surface area contributed by atoms with Gasteiger partial charge in [0.2, 0.25) is 0 Å². The van der Waals surface area contributed by atoms with Crippen LogP contribution >= 0.6 is 0 Å². The summed E-state index contributed by atoms with van der Waals surface area (Å²) in [5, 5.41) is 14.9. The van der Waals surface area contributed by atoms with Crippen molar-refractivity contribution in [1.82, 2.24) is 15.5 Å². The summed E-state index contributed by atoms with van der Waals surface area (Å²) in [5.74, 6) is 0.739. The van der Waals surface area contributed by atoms with Gasteiger partial charge < -0.3 is 20.1 Å². The van der Waals surface area contributed by atoms with Crippen LogP contribution in [0, 0.1) is 0 Å². The molecular formula is C14H26N4O2. The summed E-state index contributed by atoms with van der Waals surface area (Å²) in [7, 11) is 3.32. The van der Waals surface area contributed by atoms with Gasteiger partial charge in [0.15, 0.2) is 0 Å². The van der Waals surface area contributed by atoms with Crippen molar-refractivity contribution in [2.24, 2.45) is 0 Å². The van der Waals surface area contributed by atoms with Gasteiger partial charge in [-0.15, -0.1) is 5.10 Å². The lowest BCUT2D eigenvalue weighted by molar-refractivity contribution is 0.0365. The number of rotatable bonds is 8. The summed E-state index contributed by atoms with van der Waals surface area (Å²) in [6.45, 7) is 8.26. The molecule has 1 aromatic rings. The van der Waals surface area contributed by atoms with E-state index in [2.05, 4.69) is 41.6 Å². The Morgan fingerprint density at radius 3 is 2.45 bits per heavy atom. The van der Waals surface area contributed by atoms with Gasteiger partial charge in [-0.3, -0.25) is 0 Å². The van der Waals surface area contributed by atoms with Gasteiger partial charge in [-0.1, -0.05) is 0 Å². The molecule has 0 saturated carbocycles. The number of hydrogen-bond donors (Lipinski definition) is 2. The molecule has 1 rings (SSSR count). The summed E-state index contributed by atoms with van der Waals surface area (Å²) >= 11 is 0. The fourth-order valence-electron chi connectivity index (χ4n) is 1.52. The smallest absolute Gasteiger partial charge is 0.148 e. The number of anilines is 1. The molecule has 6 nitrogen and oxygen atoms in total. The average molecular weight is 282 g/mol. The van der Waals surface area contributed by atoms with Crippen molar-refractivity contribution in [3.8, 4) is 0 Å². The van der Waals surface area contributed by atoms with E-state index >= 15 is 0 Å². The molecule has 0 fully saturated rings. The van der Waals surface area contributed by atoms with Crippen LogP contribution in [0.15, 0.2) is 12.1 Å². The highest BCUT2D eigenvalue weighted by molar-refractivity contribution is 5.33. The molecule has 0 bridgehead atoms. The molecule has 2 N–H and O–H groups in total. The van der Waals surface area contributed by atoms with Crippen molar-refractivity contribution in [2.75, 3.05) is 32.7 Å². The Morgan fingerprint density at radius 2 is 1.95 bits per heavy atom. The van der Waals surface area contributed by atoms with E-state index in [4.69, 9.17) is 9.47 Å². The highest BCUT2D eigenvalue weighted by Gasteiger charge is 2.10. The molecule has 1 atom stereocenters. The monoisotopic (exact) mass is 282 g/mol. The Kier molecular flexibility index (Phi) is 6.84. The van der Waals surface area contributed by atoms with E-state index in [-0.39, 0.29) is 11.6 Å². The van der Waals surface area contributed by atoms with Crippen LogP contribution in [0.4, 0.5) is 5.82 Å². The topological polar surface area (TPSA) is 68.3 Å². The third-order valence-corrected chi connectivity index (χ3v) is 2.72. The van der Waals surface area contributed by atoms with Gasteiger partial charge in [0.05, 0.1) is 18.4 Å². The third kappa shape index (κ3) is 6.79. The molecule has 20 heavy (non-hydrogen) atoms. The van der Waals surface area contributed by atoms with Crippen molar-refractivity contribution < 1.29 is 9.47 Å². The summed E-state index contributed by atoms with van der Waals surface area (Å²) in [4.78, 5) is 0. The number of hydrogen-bond acceptors (Lipinski definition) is 6. The lowest BCUT2D eigenvalue weighted by atomic mass is 10.1. The molecular weight excluding hydrogens is 256 g/mol. The van der Waals surface area contributed by atoms with Gasteiger partial charge in [0.25, 0.3) is 0 Å². The van der Waals surface area contributed by atoms with Crippen LogP contribution in [-0.4, -0.2) is 49.2 Å². The highest BCUT2D eigenvalue weighted by atomic mass is 16.5. The minimum Gasteiger partial charge on any atom is -0.382 e. The molecule has 114 valence electrons. The lowest BCUT2D eigenvalue weighted by Gasteiger charge is -2.20. The van der Waals surface area contributed by atoms with Gasteiger partial charge in [0.1, 0.15) is 5.82 Å². The van der Waals surface area contributed by atoms with Crippen LogP contribution in [0.5, 0.6) is 0 Å². The van der Waals surface area contributed by atoms with E-state index < -0.39 is 0 Å². The van der Waals surface area contributed by atoms with E-state index in [1.165, 1.54) is 0 Å². The van der Waals surface area contributed by atoms with Gasteiger partial charge in [-0.05, 0) is 32.9 Å². The van der Waals surface area contributed by atoms with Crippen molar-refractivity contribution in [2.45, 2.75) is 39.0 Å². The first-order chi connectivity index (χ1) is 9.44. The normalized spacial score (nSPS) is 13.2. The van der Waals surface area contributed by atoms with Crippen LogP contribution in [0.25, 0.3) is 0 Å². The Balaban J connectivity index is 2.42. The minimum atomic E-state index is 0.00373. The second-order valence-corrected chi connectivity index (χ2v) is 5.71. The maximum absolute atomic E-state index is 5.27. The summed E-state index contributed by atoms with van der Waals surface area (Å²) in [6.07, 6.45) is 0.00373. The first-order valence-corrected chi connectivity index (χ1v) is 6.78. The first kappa shape index (κ1) is 16.8. The standard InChI is InChI=1S/C14H26N4O2/c1-14(2,3)16-8-11-6-7-13(18-17-11)15-9-12(20-5)10-19-4/h6-7,12,16H,8-10H2,1-5H3,(H,15,18). The van der Waals surface area contributed by atoms with Gasteiger partial charge >= 0.3 is 0 Å². The second kappa shape index (κ2) is 8.14. The predicted molar refractivity (Wildman–Crippen MR) is 79.8 cm³/mol. The fourth-order valence-corrected chi connectivity index (χ4v) is 1.52. The Morgan fingerprint density at radius 1 is 1.20 bits per heavy atom. The molecule has 0 aromatic carbocycles. The number of nitrogens with one attached hydrogen (secondary N) is 2. The molecule has 0 aliphatic carbocycles. The van der Waals surface area contributed by atoms with E-state index in [0.717, 1.165) is 11.5 Å². The Hall–Kier alpha value is -1.24. The lowest BCUT2D eigenvalue weighted by Crippen LogP contribution is -2.35. The maximum atomic E-state index is 5.27. The SMILES string of the molecule is COCC(CNc1ccc(CNC(C)(C)C)nn1)OC. The molecule has 6 heteroatoms. The molecule has 0 amide bonds. The van der Waals surface area contributed by atoms with Crippen LogP contribution < -0.4 is 10.6 Å². The molecule has 1 heterocycles. The first-order valence-electron chi connectivity index (χ1n) is 6.78. The molecule has 0 spiro atoms. The van der Waals surface area contributed by atoms with Crippen molar-refractivity contribution in [3.63, 3.8) is 0 Å².